The molecule has 1 rings (SSSR count). The van der Waals surface area contributed by atoms with E-state index in [2.05, 4.69) is 19.2 Å². The van der Waals surface area contributed by atoms with Gasteiger partial charge in [-0.1, -0.05) is 13.8 Å². The lowest BCUT2D eigenvalue weighted by atomic mass is 10.0. The first-order valence-corrected chi connectivity index (χ1v) is 7.15. The predicted molar refractivity (Wildman–Crippen MR) is 83.0 cm³/mol. The van der Waals surface area contributed by atoms with Crippen molar-refractivity contribution in [2.24, 2.45) is 5.92 Å². The zero-order chi connectivity index (χ0) is 15.8. The number of benzene rings is 1. The van der Waals surface area contributed by atoms with Crippen molar-refractivity contribution < 1.29 is 19.3 Å². The molecule has 0 saturated heterocycles. The van der Waals surface area contributed by atoms with E-state index in [4.69, 9.17) is 14.2 Å². The predicted octanol–water partition coefficient (Wildman–Crippen LogP) is 2.00. The van der Waals surface area contributed by atoms with Crippen LogP contribution >= 0.6 is 0 Å². The van der Waals surface area contributed by atoms with E-state index >= 15 is 0 Å². The highest BCUT2D eigenvalue weighted by Gasteiger charge is 2.18. The van der Waals surface area contributed by atoms with Gasteiger partial charge in [-0.2, -0.15) is 0 Å². The van der Waals surface area contributed by atoms with Crippen LogP contribution in [0, 0.1) is 5.92 Å². The zero-order valence-electron chi connectivity index (χ0n) is 13.6. The van der Waals surface area contributed by atoms with E-state index in [1.54, 1.807) is 33.5 Å². The van der Waals surface area contributed by atoms with Crippen molar-refractivity contribution in [3.63, 3.8) is 0 Å². The van der Waals surface area contributed by atoms with Crippen LogP contribution in [0.5, 0.6) is 11.5 Å². The molecule has 0 amide bonds. The molecule has 0 aliphatic carbocycles. The second kappa shape index (κ2) is 8.87. The van der Waals surface area contributed by atoms with Gasteiger partial charge in [0.15, 0.2) is 0 Å². The molecule has 2 atom stereocenters. The molecule has 2 N–H and O–H groups in total. The van der Waals surface area contributed by atoms with Crippen molar-refractivity contribution in [1.29, 1.82) is 0 Å². The molecule has 0 saturated carbocycles. The van der Waals surface area contributed by atoms with Crippen LogP contribution in [0.25, 0.3) is 0 Å². The fourth-order valence-corrected chi connectivity index (χ4v) is 2.14. The van der Waals surface area contributed by atoms with Gasteiger partial charge in [0, 0.05) is 25.3 Å². The van der Waals surface area contributed by atoms with E-state index in [0.29, 0.717) is 36.1 Å². The summed E-state index contributed by atoms with van der Waals surface area (Å²) in [4.78, 5) is 0. The van der Waals surface area contributed by atoms with Crippen LogP contribution in [-0.4, -0.2) is 45.6 Å². The Hall–Kier alpha value is -1.30. The van der Waals surface area contributed by atoms with Crippen LogP contribution in [0.2, 0.25) is 0 Å². The Morgan fingerprint density at radius 3 is 2.38 bits per heavy atom. The Morgan fingerprint density at radius 2 is 1.86 bits per heavy atom. The first-order chi connectivity index (χ1) is 10.0. The maximum Gasteiger partial charge on any atom is 0.124 e. The lowest BCUT2D eigenvalue weighted by Crippen LogP contribution is -2.40. The molecular weight excluding hydrogens is 270 g/mol. The average molecular weight is 297 g/mol. The first-order valence-electron chi connectivity index (χ1n) is 7.15. The number of aliphatic hydroxyl groups excluding tert-OH is 1. The lowest BCUT2D eigenvalue weighted by Gasteiger charge is -2.24. The second-order valence-electron chi connectivity index (χ2n) is 5.34. The van der Waals surface area contributed by atoms with E-state index in [9.17, 15) is 5.11 Å². The van der Waals surface area contributed by atoms with Gasteiger partial charge < -0.3 is 24.6 Å². The summed E-state index contributed by atoms with van der Waals surface area (Å²) in [6.07, 6.45) is -0.673. The minimum atomic E-state index is -0.673. The second-order valence-corrected chi connectivity index (χ2v) is 5.34. The molecular formula is C16H27NO4. The third-order valence-corrected chi connectivity index (χ3v) is 3.52. The van der Waals surface area contributed by atoms with Gasteiger partial charge >= 0.3 is 0 Å². The molecule has 0 bridgehead atoms. The smallest absolute Gasteiger partial charge is 0.124 e. The highest BCUT2D eigenvalue weighted by molar-refractivity contribution is 5.41. The Labute approximate surface area is 127 Å². The van der Waals surface area contributed by atoms with Crippen LogP contribution in [-0.2, 0) is 4.74 Å². The number of aliphatic hydroxyl groups is 1. The molecule has 0 aromatic heterocycles. The number of hydrogen-bond acceptors (Lipinski definition) is 5. The molecule has 21 heavy (non-hydrogen) atoms. The fraction of sp³-hybridized carbons (Fsp3) is 0.625. The van der Waals surface area contributed by atoms with Gasteiger partial charge in [0.2, 0.25) is 0 Å². The minimum Gasteiger partial charge on any atom is -0.497 e. The van der Waals surface area contributed by atoms with Gasteiger partial charge in [0.25, 0.3) is 0 Å². The van der Waals surface area contributed by atoms with Crippen molar-refractivity contribution >= 4 is 0 Å². The molecule has 0 radical (unpaired) electrons. The summed E-state index contributed by atoms with van der Waals surface area (Å²) < 4.78 is 15.7. The molecule has 0 heterocycles. The largest absolute Gasteiger partial charge is 0.497 e. The number of nitrogens with one attached hydrogen (secondary N) is 1. The van der Waals surface area contributed by atoms with Crippen LogP contribution in [0.1, 0.15) is 25.5 Å². The quantitative estimate of drug-likeness (QED) is 0.730. The first kappa shape index (κ1) is 17.8. The average Bonchev–Trinajstić information content (AvgIpc) is 2.50. The van der Waals surface area contributed by atoms with Gasteiger partial charge in [-0.3, -0.25) is 0 Å². The number of ether oxygens (including phenoxy) is 3. The number of methoxy groups -OCH3 is 3. The SMILES string of the molecule is COCC(NCC(O)c1cc(OC)ccc1OC)C(C)C. The van der Waals surface area contributed by atoms with E-state index < -0.39 is 6.10 Å². The van der Waals surface area contributed by atoms with E-state index in [-0.39, 0.29) is 6.04 Å². The van der Waals surface area contributed by atoms with Crippen molar-refractivity contribution in [2.45, 2.75) is 26.0 Å². The monoisotopic (exact) mass is 297 g/mol. The molecule has 1 aromatic carbocycles. The third kappa shape index (κ3) is 5.19. The summed E-state index contributed by atoms with van der Waals surface area (Å²) in [6, 6.07) is 5.60. The molecule has 5 nitrogen and oxygen atoms in total. The summed E-state index contributed by atoms with van der Waals surface area (Å²) in [5, 5.41) is 13.7. The Kier molecular flexibility index (Phi) is 7.50. The number of hydrogen-bond donors (Lipinski definition) is 2. The fourth-order valence-electron chi connectivity index (χ4n) is 2.14. The molecule has 0 aliphatic rings. The third-order valence-electron chi connectivity index (χ3n) is 3.52. The standard InChI is InChI=1S/C16H27NO4/c1-11(2)14(10-19-3)17-9-15(18)13-8-12(20-4)6-7-16(13)21-5/h6-8,11,14-15,17-18H,9-10H2,1-5H3. The molecule has 2 unspecified atom stereocenters. The van der Waals surface area contributed by atoms with E-state index in [1.165, 1.54) is 0 Å². The summed E-state index contributed by atoms with van der Waals surface area (Å²) in [5.74, 6) is 1.77. The topological polar surface area (TPSA) is 60.0 Å². The van der Waals surface area contributed by atoms with E-state index in [0.717, 1.165) is 0 Å². The van der Waals surface area contributed by atoms with Crippen LogP contribution in [0.3, 0.4) is 0 Å². The Balaban J connectivity index is 2.76. The minimum absolute atomic E-state index is 0.196. The van der Waals surface area contributed by atoms with Gasteiger partial charge in [-0.05, 0) is 24.1 Å². The highest BCUT2D eigenvalue weighted by Crippen LogP contribution is 2.29. The molecule has 5 heteroatoms. The van der Waals surface area contributed by atoms with Gasteiger partial charge in [0.05, 0.1) is 26.9 Å². The van der Waals surface area contributed by atoms with E-state index in [1.807, 2.05) is 6.07 Å². The van der Waals surface area contributed by atoms with Crippen molar-refractivity contribution in [2.75, 3.05) is 34.5 Å². The zero-order valence-corrected chi connectivity index (χ0v) is 13.6. The summed E-state index contributed by atoms with van der Waals surface area (Å²) in [7, 11) is 4.87. The van der Waals surface area contributed by atoms with Gasteiger partial charge in [-0.15, -0.1) is 0 Å². The highest BCUT2D eigenvalue weighted by atomic mass is 16.5. The summed E-state index contributed by atoms with van der Waals surface area (Å²) >= 11 is 0. The maximum absolute atomic E-state index is 10.4. The van der Waals surface area contributed by atoms with Crippen LogP contribution in [0.4, 0.5) is 0 Å². The molecule has 0 aliphatic heterocycles. The van der Waals surface area contributed by atoms with Crippen molar-refractivity contribution in [3.8, 4) is 11.5 Å². The molecule has 0 fully saturated rings. The van der Waals surface area contributed by atoms with Crippen LogP contribution < -0.4 is 14.8 Å². The molecule has 0 spiro atoms. The summed E-state index contributed by atoms with van der Waals surface area (Å²) in [5.41, 5.74) is 0.712. The molecule has 120 valence electrons. The molecule has 1 aromatic rings. The normalized spacial score (nSPS) is 14.0. The van der Waals surface area contributed by atoms with Crippen molar-refractivity contribution in [1.82, 2.24) is 5.32 Å². The maximum atomic E-state index is 10.4. The van der Waals surface area contributed by atoms with Crippen molar-refractivity contribution in [3.05, 3.63) is 23.8 Å². The van der Waals surface area contributed by atoms with Gasteiger partial charge in [0.1, 0.15) is 11.5 Å². The number of rotatable bonds is 9. The summed E-state index contributed by atoms with van der Waals surface area (Å²) in [6.45, 7) is 5.28. The Morgan fingerprint density at radius 1 is 1.14 bits per heavy atom. The van der Waals surface area contributed by atoms with Crippen LogP contribution in [0.15, 0.2) is 18.2 Å². The van der Waals surface area contributed by atoms with Gasteiger partial charge in [-0.25, -0.2) is 0 Å². The lowest BCUT2D eigenvalue weighted by molar-refractivity contribution is 0.123. The Bertz CT molecular complexity index is 423.